The second-order valence-corrected chi connectivity index (χ2v) is 3.99. The lowest BCUT2D eigenvalue weighted by Crippen LogP contribution is -2.00. The van der Waals surface area contributed by atoms with Crippen molar-refractivity contribution in [3.8, 4) is 5.75 Å². The molecule has 0 aliphatic rings. The first-order valence-electron chi connectivity index (χ1n) is 5.31. The number of hydrogen-bond acceptors (Lipinski definition) is 3. The van der Waals surface area contributed by atoms with E-state index in [4.69, 9.17) is 22.1 Å². The predicted molar refractivity (Wildman–Crippen MR) is 67.9 cm³/mol. The van der Waals surface area contributed by atoms with Gasteiger partial charge in [-0.15, -0.1) is 0 Å². The molecule has 88 valence electrons. The smallest absolute Gasteiger partial charge is 0.138 e. The third-order valence-electron chi connectivity index (χ3n) is 2.33. The molecule has 0 radical (unpaired) electrons. The van der Waals surface area contributed by atoms with Crippen LogP contribution in [0.3, 0.4) is 0 Å². The lowest BCUT2D eigenvalue weighted by molar-refractivity contribution is 0.301. The standard InChI is InChI=1S/C13H13ClN2O/c14-12-7-10(8-15)4-5-13(12)17-9-11-3-1-2-6-16-11/h1-7H,8-9,15H2. The second-order valence-electron chi connectivity index (χ2n) is 3.58. The third-order valence-corrected chi connectivity index (χ3v) is 2.63. The average molecular weight is 249 g/mol. The molecule has 3 nitrogen and oxygen atoms in total. The van der Waals surface area contributed by atoms with Crippen LogP contribution in [-0.4, -0.2) is 4.98 Å². The Labute approximate surface area is 105 Å². The maximum absolute atomic E-state index is 6.07. The van der Waals surface area contributed by atoms with Gasteiger partial charge >= 0.3 is 0 Å². The van der Waals surface area contributed by atoms with Gasteiger partial charge in [0.1, 0.15) is 12.4 Å². The van der Waals surface area contributed by atoms with E-state index in [9.17, 15) is 0 Å². The van der Waals surface area contributed by atoms with Crippen LogP contribution in [0.25, 0.3) is 0 Å². The highest BCUT2D eigenvalue weighted by atomic mass is 35.5. The molecule has 0 fully saturated rings. The van der Waals surface area contributed by atoms with Crippen molar-refractivity contribution >= 4 is 11.6 Å². The van der Waals surface area contributed by atoms with Gasteiger partial charge in [-0.2, -0.15) is 0 Å². The van der Waals surface area contributed by atoms with Gasteiger partial charge in [0.05, 0.1) is 10.7 Å². The fourth-order valence-corrected chi connectivity index (χ4v) is 1.68. The molecule has 0 bridgehead atoms. The number of hydrogen-bond donors (Lipinski definition) is 1. The van der Waals surface area contributed by atoms with Crippen molar-refractivity contribution in [2.45, 2.75) is 13.2 Å². The van der Waals surface area contributed by atoms with Gasteiger partial charge in [0, 0.05) is 12.7 Å². The van der Waals surface area contributed by atoms with Crippen LogP contribution in [0.4, 0.5) is 0 Å². The highest BCUT2D eigenvalue weighted by molar-refractivity contribution is 6.32. The van der Waals surface area contributed by atoms with Crippen molar-refractivity contribution in [1.82, 2.24) is 4.98 Å². The summed E-state index contributed by atoms with van der Waals surface area (Å²) in [6.07, 6.45) is 1.73. The van der Waals surface area contributed by atoms with Crippen LogP contribution in [0.2, 0.25) is 5.02 Å². The van der Waals surface area contributed by atoms with Gasteiger partial charge < -0.3 is 10.5 Å². The molecule has 0 aliphatic carbocycles. The number of benzene rings is 1. The Kier molecular flexibility index (Phi) is 3.96. The van der Waals surface area contributed by atoms with E-state index in [0.29, 0.717) is 23.9 Å². The molecule has 0 saturated carbocycles. The molecule has 0 spiro atoms. The van der Waals surface area contributed by atoms with Crippen LogP contribution in [0.5, 0.6) is 5.75 Å². The van der Waals surface area contributed by atoms with Gasteiger partial charge in [0.2, 0.25) is 0 Å². The van der Waals surface area contributed by atoms with Crippen LogP contribution in [0, 0.1) is 0 Å². The average Bonchev–Trinajstić information content (AvgIpc) is 2.38. The molecule has 1 heterocycles. The van der Waals surface area contributed by atoms with Gasteiger partial charge in [0.15, 0.2) is 0 Å². The molecule has 1 aromatic heterocycles. The molecule has 0 aliphatic heterocycles. The minimum atomic E-state index is 0.405. The Morgan fingerprint density at radius 3 is 2.76 bits per heavy atom. The quantitative estimate of drug-likeness (QED) is 0.905. The second kappa shape index (κ2) is 5.66. The van der Waals surface area contributed by atoms with Crippen molar-refractivity contribution in [1.29, 1.82) is 0 Å². The molecule has 0 amide bonds. The van der Waals surface area contributed by atoms with Crippen molar-refractivity contribution < 1.29 is 4.74 Å². The molecule has 0 unspecified atom stereocenters. The van der Waals surface area contributed by atoms with E-state index in [-0.39, 0.29) is 0 Å². The summed E-state index contributed by atoms with van der Waals surface area (Å²) in [5, 5.41) is 0.573. The maximum Gasteiger partial charge on any atom is 0.138 e. The first-order valence-corrected chi connectivity index (χ1v) is 5.68. The molecule has 2 N–H and O–H groups in total. The number of nitrogens with two attached hydrogens (primary N) is 1. The summed E-state index contributed by atoms with van der Waals surface area (Å²) in [4.78, 5) is 4.17. The first kappa shape index (κ1) is 11.9. The van der Waals surface area contributed by atoms with Gasteiger partial charge in [-0.25, -0.2) is 0 Å². The summed E-state index contributed by atoms with van der Waals surface area (Å²) in [6, 6.07) is 11.2. The monoisotopic (exact) mass is 248 g/mol. The minimum Gasteiger partial charge on any atom is -0.486 e. The van der Waals surface area contributed by atoms with Crippen molar-refractivity contribution in [2.75, 3.05) is 0 Å². The van der Waals surface area contributed by atoms with Crippen LogP contribution in [-0.2, 0) is 13.2 Å². The molecule has 1 aromatic carbocycles. The molecule has 2 rings (SSSR count). The Morgan fingerprint density at radius 1 is 1.24 bits per heavy atom. The minimum absolute atomic E-state index is 0.405. The summed E-state index contributed by atoms with van der Waals surface area (Å²) in [5.41, 5.74) is 7.38. The summed E-state index contributed by atoms with van der Waals surface area (Å²) in [7, 11) is 0. The van der Waals surface area contributed by atoms with Crippen LogP contribution in [0.15, 0.2) is 42.6 Å². The number of rotatable bonds is 4. The third kappa shape index (κ3) is 3.19. The topological polar surface area (TPSA) is 48.1 Å². The van der Waals surface area contributed by atoms with E-state index < -0.39 is 0 Å². The first-order chi connectivity index (χ1) is 8.29. The van der Waals surface area contributed by atoms with Crippen molar-refractivity contribution in [2.24, 2.45) is 5.73 Å². The Hall–Kier alpha value is -1.58. The molecular weight excluding hydrogens is 236 g/mol. The van der Waals surface area contributed by atoms with E-state index in [1.54, 1.807) is 6.20 Å². The van der Waals surface area contributed by atoms with Gasteiger partial charge in [-0.3, -0.25) is 4.98 Å². The van der Waals surface area contributed by atoms with E-state index in [1.165, 1.54) is 0 Å². The normalized spacial score (nSPS) is 10.2. The zero-order valence-corrected chi connectivity index (χ0v) is 10.0. The van der Waals surface area contributed by atoms with Crippen LogP contribution in [0.1, 0.15) is 11.3 Å². The summed E-state index contributed by atoms with van der Waals surface area (Å²) in [6.45, 7) is 0.878. The van der Waals surface area contributed by atoms with E-state index in [2.05, 4.69) is 4.98 Å². The van der Waals surface area contributed by atoms with E-state index >= 15 is 0 Å². The maximum atomic E-state index is 6.07. The van der Waals surface area contributed by atoms with Gasteiger partial charge in [-0.05, 0) is 29.8 Å². The number of aromatic nitrogens is 1. The number of pyridine rings is 1. The van der Waals surface area contributed by atoms with E-state index in [0.717, 1.165) is 11.3 Å². The zero-order chi connectivity index (χ0) is 12.1. The lowest BCUT2D eigenvalue weighted by atomic mass is 10.2. The predicted octanol–water partition coefficient (Wildman–Crippen LogP) is 2.77. The summed E-state index contributed by atoms with van der Waals surface area (Å²) >= 11 is 6.07. The Morgan fingerprint density at radius 2 is 2.12 bits per heavy atom. The molecule has 4 heteroatoms. The number of halogens is 1. The molecule has 0 atom stereocenters. The van der Waals surface area contributed by atoms with Crippen LogP contribution >= 0.6 is 11.6 Å². The van der Waals surface area contributed by atoms with Gasteiger partial charge in [-0.1, -0.05) is 23.7 Å². The molecule has 2 aromatic rings. The highest BCUT2D eigenvalue weighted by Crippen LogP contribution is 2.25. The molecule has 0 saturated heterocycles. The highest BCUT2D eigenvalue weighted by Gasteiger charge is 2.03. The van der Waals surface area contributed by atoms with Crippen molar-refractivity contribution in [3.05, 3.63) is 58.9 Å². The SMILES string of the molecule is NCc1ccc(OCc2ccccn2)c(Cl)c1. The summed E-state index contributed by atoms with van der Waals surface area (Å²) in [5.74, 6) is 0.648. The van der Waals surface area contributed by atoms with Crippen LogP contribution < -0.4 is 10.5 Å². The van der Waals surface area contributed by atoms with E-state index in [1.807, 2.05) is 36.4 Å². The number of nitrogens with zero attached hydrogens (tertiary/aromatic N) is 1. The number of ether oxygens (including phenoxy) is 1. The lowest BCUT2D eigenvalue weighted by Gasteiger charge is -2.08. The summed E-state index contributed by atoms with van der Waals surface area (Å²) < 4.78 is 5.59. The Bertz CT molecular complexity index is 488. The fraction of sp³-hybridized carbons (Fsp3) is 0.154. The fourth-order valence-electron chi connectivity index (χ4n) is 1.42. The zero-order valence-electron chi connectivity index (χ0n) is 9.27. The molecule has 17 heavy (non-hydrogen) atoms. The van der Waals surface area contributed by atoms with Crippen molar-refractivity contribution in [3.63, 3.8) is 0 Å². The Balaban J connectivity index is 2.04. The molecular formula is C13H13ClN2O. The largest absolute Gasteiger partial charge is 0.486 e. The van der Waals surface area contributed by atoms with Gasteiger partial charge in [0.25, 0.3) is 0 Å².